The second-order valence-corrected chi connectivity index (χ2v) is 14.3. The maximum atomic E-state index is 4.54. The molecule has 6 aromatic rings. The first-order chi connectivity index (χ1) is 22.9. The largest absolute Gasteiger partial charge is 0.334 e. The molecule has 0 saturated heterocycles. The van der Waals surface area contributed by atoms with E-state index in [1.54, 1.807) is 0 Å². The van der Waals surface area contributed by atoms with Crippen LogP contribution in [0.1, 0.15) is 73.0 Å². The number of benzene rings is 5. The van der Waals surface area contributed by atoms with Gasteiger partial charge in [-0.25, -0.2) is 0 Å². The van der Waals surface area contributed by atoms with Crippen molar-refractivity contribution in [3.8, 4) is 22.3 Å². The lowest BCUT2D eigenvalue weighted by Crippen LogP contribution is -2.54. The van der Waals surface area contributed by atoms with E-state index in [9.17, 15) is 0 Å². The monoisotopic (exact) mass is 608 g/mol. The minimum absolute atomic E-state index is 0.00928. The molecule has 3 aliphatic rings. The average molecular weight is 609 g/mol. The van der Waals surface area contributed by atoms with Crippen LogP contribution >= 0.6 is 0 Å². The number of nitrogens with zero attached hydrogens (tertiary/aromatic N) is 2. The minimum Gasteiger partial charge on any atom is -0.334 e. The molecule has 2 heterocycles. The third-order valence-electron chi connectivity index (χ3n) is 12.0. The summed E-state index contributed by atoms with van der Waals surface area (Å²) in [5.41, 5.74) is 15.3. The van der Waals surface area contributed by atoms with Gasteiger partial charge in [0.15, 0.2) is 0 Å². The standard InChI is InChI=1S/C45H40N2/c1-31-28-36(24-27-46-31)47-42-23-21-33(30-41(42)43(2)25-12-13-26-44(43,47)3)32-20-22-38-37-18-10-11-19-39(37)45(40(38)29-32,34-14-6-4-7-15-34)35-16-8-5-9-17-35/h4-11,14-24,27-30H,12-13,25-26H2,1-3H3. The molecule has 0 radical (unpaired) electrons. The molecule has 1 fully saturated rings. The number of hydrogen-bond donors (Lipinski definition) is 0. The molecule has 0 N–H and O–H groups in total. The van der Waals surface area contributed by atoms with E-state index in [0.29, 0.717) is 0 Å². The number of hydrogen-bond acceptors (Lipinski definition) is 2. The van der Waals surface area contributed by atoms with Gasteiger partial charge >= 0.3 is 0 Å². The summed E-state index contributed by atoms with van der Waals surface area (Å²) in [5, 5.41) is 0. The molecule has 2 aliphatic carbocycles. The first-order valence-electron chi connectivity index (χ1n) is 17.2. The average Bonchev–Trinajstić information content (AvgIpc) is 3.52. The molecule has 2 unspecified atom stereocenters. The number of aryl methyl sites for hydroxylation is 1. The van der Waals surface area contributed by atoms with E-state index in [2.05, 4.69) is 164 Å². The molecule has 1 aliphatic heterocycles. The zero-order valence-corrected chi connectivity index (χ0v) is 27.5. The number of pyridine rings is 1. The van der Waals surface area contributed by atoms with Crippen LogP contribution in [-0.2, 0) is 10.8 Å². The third kappa shape index (κ3) is 3.82. The maximum absolute atomic E-state index is 4.54. The summed E-state index contributed by atoms with van der Waals surface area (Å²) in [6.07, 6.45) is 6.88. The lowest BCUT2D eigenvalue weighted by atomic mass is 9.61. The van der Waals surface area contributed by atoms with E-state index in [1.165, 1.54) is 87.1 Å². The summed E-state index contributed by atoms with van der Waals surface area (Å²) in [4.78, 5) is 7.19. The van der Waals surface area contributed by atoms with Gasteiger partial charge in [0, 0.05) is 28.7 Å². The van der Waals surface area contributed by atoms with Gasteiger partial charge in [-0.15, -0.1) is 0 Å². The Morgan fingerprint density at radius 3 is 1.91 bits per heavy atom. The zero-order valence-electron chi connectivity index (χ0n) is 27.5. The van der Waals surface area contributed by atoms with Crippen LogP contribution in [0.25, 0.3) is 22.3 Å². The first kappa shape index (κ1) is 28.3. The Morgan fingerprint density at radius 1 is 0.574 bits per heavy atom. The van der Waals surface area contributed by atoms with Gasteiger partial charge in [-0.1, -0.05) is 123 Å². The Hall–Kier alpha value is -4.95. The quantitative estimate of drug-likeness (QED) is 0.198. The van der Waals surface area contributed by atoms with Crippen LogP contribution in [0.15, 0.2) is 140 Å². The molecule has 0 spiro atoms. The van der Waals surface area contributed by atoms with E-state index in [-0.39, 0.29) is 11.0 Å². The van der Waals surface area contributed by atoms with Crippen LogP contribution in [0.2, 0.25) is 0 Å². The van der Waals surface area contributed by atoms with Crippen molar-refractivity contribution in [3.05, 3.63) is 173 Å². The van der Waals surface area contributed by atoms with Crippen molar-refractivity contribution in [3.63, 3.8) is 0 Å². The summed E-state index contributed by atoms with van der Waals surface area (Å²) in [6, 6.07) is 50.2. The van der Waals surface area contributed by atoms with Gasteiger partial charge in [0.05, 0.1) is 11.0 Å². The predicted molar refractivity (Wildman–Crippen MR) is 195 cm³/mol. The van der Waals surface area contributed by atoms with Crippen LogP contribution in [0, 0.1) is 6.92 Å². The molecule has 1 saturated carbocycles. The smallest absolute Gasteiger partial charge is 0.0713 e. The molecule has 9 rings (SSSR count). The van der Waals surface area contributed by atoms with Crippen molar-refractivity contribution in [2.75, 3.05) is 4.90 Å². The summed E-state index contributed by atoms with van der Waals surface area (Å²) in [5.74, 6) is 0. The molecule has 0 amide bonds. The summed E-state index contributed by atoms with van der Waals surface area (Å²) in [6.45, 7) is 7.13. The molecule has 5 aromatic carbocycles. The molecule has 2 heteroatoms. The first-order valence-corrected chi connectivity index (χ1v) is 17.2. The molecular weight excluding hydrogens is 569 g/mol. The number of fused-ring (bicyclic) bond motifs is 6. The second kappa shape index (κ2) is 10.3. The third-order valence-corrected chi connectivity index (χ3v) is 12.0. The highest BCUT2D eigenvalue weighted by Gasteiger charge is 2.57. The fourth-order valence-corrected chi connectivity index (χ4v) is 9.61. The van der Waals surface area contributed by atoms with Gasteiger partial charge in [-0.3, -0.25) is 4.98 Å². The Balaban J connectivity index is 1.26. The second-order valence-electron chi connectivity index (χ2n) is 14.3. The van der Waals surface area contributed by atoms with Crippen molar-refractivity contribution >= 4 is 11.4 Å². The molecular formula is C45H40N2. The molecule has 0 bridgehead atoms. The van der Waals surface area contributed by atoms with Crippen LogP contribution in [0.3, 0.4) is 0 Å². The van der Waals surface area contributed by atoms with Crippen molar-refractivity contribution in [2.45, 2.75) is 62.8 Å². The Morgan fingerprint density at radius 2 is 1.19 bits per heavy atom. The number of aromatic nitrogens is 1. The predicted octanol–water partition coefficient (Wildman–Crippen LogP) is 11.2. The highest BCUT2D eigenvalue weighted by Crippen LogP contribution is 2.62. The van der Waals surface area contributed by atoms with E-state index >= 15 is 0 Å². The van der Waals surface area contributed by atoms with Crippen molar-refractivity contribution in [1.29, 1.82) is 0 Å². The minimum atomic E-state index is -0.398. The van der Waals surface area contributed by atoms with E-state index in [4.69, 9.17) is 0 Å². The lowest BCUT2D eigenvalue weighted by molar-refractivity contribution is 0.195. The molecule has 1 aromatic heterocycles. The molecule has 47 heavy (non-hydrogen) atoms. The van der Waals surface area contributed by atoms with Gasteiger partial charge in [0.2, 0.25) is 0 Å². The highest BCUT2D eigenvalue weighted by atomic mass is 15.3. The summed E-state index contributed by atoms with van der Waals surface area (Å²) in [7, 11) is 0. The number of rotatable bonds is 4. The van der Waals surface area contributed by atoms with Crippen LogP contribution < -0.4 is 4.90 Å². The van der Waals surface area contributed by atoms with Gasteiger partial charge in [0.25, 0.3) is 0 Å². The lowest BCUT2D eigenvalue weighted by Gasteiger charge is -2.50. The van der Waals surface area contributed by atoms with E-state index in [1.807, 2.05) is 6.20 Å². The van der Waals surface area contributed by atoms with Crippen LogP contribution in [0.5, 0.6) is 0 Å². The van der Waals surface area contributed by atoms with Crippen molar-refractivity contribution in [2.24, 2.45) is 0 Å². The van der Waals surface area contributed by atoms with Gasteiger partial charge in [-0.2, -0.15) is 0 Å². The topological polar surface area (TPSA) is 16.1 Å². The van der Waals surface area contributed by atoms with Gasteiger partial charge in [0.1, 0.15) is 0 Å². The Bertz CT molecular complexity index is 2110. The Labute approximate surface area is 278 Å². The maximum Gasteiger partial charge on any atom is 0.0713 e. The fourth-order valence-electron chi connectivity index (χ4n) is 9.61. The van der Waals surface area contributed by atoms with E-state index in [0.717, 1.165) is 5.69 Å². The van der Waals surface area contributed by atoms with Gasteiger partial charge in [-0.05, 0) is 107 Å². The molecule has 2 nitrogen and oxygen atoms in total. The Kier molecular flexibility index (Phi) is 6.18. The SMILES string of the molecule is Cc1cc(N2c3ccc(-c4ccc5c(c4)C(c4ccccc4)(c4ccccc4)c4ccccc4-5)cc3C3(C)CCCCC23C)ccn1. The number of anilines is 2. The van der Waals surface area contributed by atoms with Crippen LogP contribution in [0.4, 0.5) is 11.4 Å². The fraction of sp³-hybridized carbons (Fsp3) is 0.222. The van der Waals surface area contributed by atoms with Crippen LogP contribution in [-0.4, -0.2) is 10.5 Å². The summed E-state index contributed by atoms with van der Waals surface area (Å²) >= 11 is 0. The normalized spacial score (nSPS) is 21.9. The summed E-state index contributed by atoms with van der Waals surface area (Å²) < 4.78 is 0. The highest BCUT2D eigenvalue weighted by molar-refractivity contribution is 5.89. The van der Waals surface area contributed by atoms with Gasteiger partial charge < -0.3 is 4.90 Å². The zero-order chi connectivity index (χ0) is 31.8. The van der Waals surface area contributed by atoms with E-state index < -0.39 is 5.41 Å². The van der Waals surface area contributed by atoms with Crippen molar-refractivity contribution in [1.82, 2.24) is 4.98 Å². The van der Waals surface area contributed by atoms with Crippen molar-refractivity contribution < 1.29 is 0 Å². The molecule has 2 atom stereocenters. The molecule has 230 valence electrons.